The normalized spacial score (nSPS) is 19.2. The van der Waals surface area contributed by atoms with Gasteiger partial charge in [0.1, 0.15) is 0 Å². The molecule has 148 valence electrons. The van der Waals surface area contributed by atoms with Crippen molar-refractivity contribution in [3.8, 4) is 0 Å². The third kappa shape index (κ3) is 4.51. The molecule has 0 spiro atoms. The van der Waals surface area contributed by atoms with Crippen molar-refractivity contribution in [3.63, 3.8) is 0 Å². The van der Waals surface area contributed by atoms with Crippen LogP contribution in [-0.2, 0) is 14.6 Å². The van der Waals surface area contributed by atoms with Crippen molar-refractivity contribution >= 4 is 21.7 Å². The van der Waals surface area contributed by atoms with Crippen molar-refractivity contribution in [1.29, 1.82) is 0 Å². The molecule has 0 radical (unpaired) electrons. The van der Waals surface area contributed by atoms with Crippen molar-refractivity contribution in [2.24, 2.45) is 5.92 Å². The summed E-state index contributed by atoms with van der Waals surface area (Å²) >= 11 is 0. The highest BCUT2D eigenvalue weighted by atomic mass is 32.2. The SMILES string of the molecule is Cc1ccc(C(=O)N2CCN(C(=O)C3CCCCC3)CC2)cc1S(C)(=O)=O. The van der Waals surface area contributed by atoms with E-state index in [1.165, 1.54) is 12.5 Å². The number of piperazine rings is 1. The average Bonchev–Trinajstić information content (AvgIpc) is 2.67. The summed E-state index contributed by atoms with van der Waals surface area (Å²) in [6, 6.07) is 4.81. The molecule has 6 nitrogen and oxygen atoms in total. The predicted octanol–water partition coefficient (Wildman–Crippen LogP) is 2.26. The van der Waals surface area contributed by atoms with E-state index < -0.39 is 9.84 Å². The van der Waals surface area contributed by atoms with E-state index >= 15 is 0 Å². The smallest absolute Gasteiger partial charge is 0.254 e. The van der Waals surface area contributed by atoms with Crippen molar-refractivity contribution < 1.29 is 18.0 Å². The van der Waals surface area contributed by atoms with Gasteiger partial charge in [0.2, 0.25) is 5.91 Å². The zero-order valence-electron chi connectivity index (χ0n) is 16.1. The Hall–Kier alpha value is -1.89. The van der Waals surface area contributed by atoms with Gasteiger partial charge in [0.15, 0.2) is 9.84 Å². The number of aryl methyl sites for hydroxylation is 1. The second kappa shape index (κ2) is 8.00. The molecule has 2 aliphatic rings. The number of rotatable bonds is 3. The maximum Gasteiger partial charge on any atom is 0.254 e. The fourth-order valence-electron chi connectivity index (χ4n) is 4.05. The van der Waals surface area contributed by atoms with Gasteiger partial charge in [0.25, 0.3) is 5.91 Å². The fraction of sp³-hybridized carbons (Fsp3) is 0.600. The van der Waals surface area contributed by atoms with Crippen LogP contribution in [0.2, 0.25) is 0 Å². The van der Waals surface area contributed by atoms with Gasteiger partial charge in [-0.05, 0) is 37.5 Å². The molecule has 7 heteroatoms. The summed E-state index contributed by atoms with van der Waals surface area (Å²) in [6.45, 7) is 3.79. The van der Waals surface area contributed by atoms with Gasteiger partial charge in [-0.2, -0.15) is 0 Å². The molecule has 27 heavy (non-hydrogen) atoms. The van der Waals surface area contributed by atoms with E-state index in [0.29, 0.717) is 37.3 Å². The van der Waals surface area contributed by atoms with Crippen LogP contribution in [0.4, 0.5) is 0 Å². The minimum absolute atomic E-state index is 0.149. The highest BCUT2D eigenvalue weighted by Gasteiger charge is 2.30. The minimum atomic E-state index is -3.38. The van der Waals surface area contributed by atoms with E-state index in [2.05, 4.69) is 0 Å². The fourth-order valence-corrected chi connectivity index (χ4v) is 5.05. The second-order valence-electron chi connectivity index (χ2n) is 7.70. The molecule has 1 heterocycles. The molecule has 2 fully saturated rings. The third-order valence-corrected chi connectivity index (χ3v) is 6.91. The molecule has 1 aliphatic carbocycles. The first-order chi connectivity index (χ1) is 12.8. The van der Waals surface area contributed by atoms with Crippen LogP contribution in [0, 0.1) is 12.8 Å². The Bertz CT molecular complexity index is 820. The van der Waals surface area contributed by atoms with Gasteiger partial charge in [-0.25, -0.2) is 8.42 Å². The highest BCUT2D eigenvalue weighted by Crippen LogP contribution is 2.26. The summed E-state index contributed by atoms with van der Waals surface area (Å²) in [5.41, 5.74) is 1.02. The molecule has 0 atom stereocenters. The Morgan fingerprint density at radius 2 is 1.56 bits per heavy atom. The summed E-state index contributed by atoms with van der Waals surface area (Å²) < 4.78 is 23.8. The van der Waals surface area contributed by atoms with Crippen LogP contribution < -0.4 is 0 Å². The monoisotopic (exact) mass is 392 g/mol. The summed E-state index contributed by atoms with van der Waals surface area (Å²) in [6.07, 6.45) is 6.60. The number of nitrogens with zero attached hydrogens (tertiary/aromatic N) is 2. The lowest BCUT2D eigenvalue weighted by Gasteiger charge is -2.37. The van der Waals surface area contributed by atoms with Crippen LogP contribution in [0.5, 0.6) is 0 Å². The summed E-state index contributed by atoms with van der Waals surface area (Å²) in [5.74, 6) is 0.205. The average molecular weight is 393 g/mol. The predicted molar refractivity (Wildman–Crippen MR) is 103 cm³/mol. The van der Waals surface area contributed by atoms with Gasteiger partial charge < -0.3 is 9.80 Å². The standard InChI is InChI=1S/C20H28N2O4S/c1-15-8-9-17(14-18(15)27(2,25)26)20(24)22-12-10-21(11-13-22)19(23)16-6-4-3-5-7-16/h8-9,14,16H,3-7,10-13H2,1-2H3. The Morgan fingerprint density at radius 3 is 2.15 bits per heavy atom. The van der Waals surface area contributed by atoms with E-state index in [4.69, 9.17) is 0 Å². The van der Waals surface area contributed by atoms with Crippen LogP contribution in [-0.4, -0.2) is 62.5 Å². The van der Waals surface area contributed by atoms with Gasteiger partial charge in [0.05, 0.1) is 4.90 Å². The Kier molecular flexibility index (Phi) is 5.89. The van der Waals surface area contributed by atoms with Gasteiger partial charge in [0, 0.05) is 43.9 Å². The number of hydrogen-bond acceptors (Lipinski definition) is 4. The van der Waals surface area contributed by atoms with Crippen molar-refractivity contribution in [2.75, 3.05) is 32.4 Å². The van der Waals surface area contributed by atoms with Gasteiger partial charge in [-0.1, -0.05) is 25.3 Å². The van der Waals surface area contributed by atoms with Crippen molar-refractivity contribution in [1.82, 2.24) is 9.80 Å². The molecule has 3 rings (SSSR count). The van der Waals surface area contributed by atoms with Crippen LogP contribution >= 0.6 is 0 Å². The molecular weight excluding hydrogens is 364 g/mol. The number of benzene rings is 1. The Labute approximate surface area is 161 Å². The summed E-state index contributed by atoms with van der Waals surface area (Å²) in [5, 5.41) is 0. The van der Waals surface area contributed by atoms with Crippen molar-refractivity contribution in [3.05, 3.63) is 29.3 Å². The van der Waals surface area contributed by atoms with Crippen LogP contribution in [0.15, 0.2) is 23.1 Å². The zero-order chi connectivity index (χ0) is 19.6. The molecule has 1 aromatic rings. The van der Waals surface area contributed by atoms with Crippen LogP contribution in [0.1, 0.15) is 48.0 Å². The molecule has 0 aromatic heterocycles. The van der Waals surface area contributed by atoms with E-state index in [0.717, 1.165) is 31.9 Å². The molecule has 1 aromatic carbocycles. The molecular formula is C20H28N2O4S. The number of carbonyl (C=O) groups is 2. The Balaban J connectivity index is 1.64. The van der Waals surface area contributed by atoms with Gasteiger partial charge >= 0.3 is 0 Å². The lowest BCUT2D eigenvalue weighted by Crippen LogP contribution is -2.52. The Morgan fingerprint density at radius 1 is 0.963 bits per heavy atom. The summed E-state index contributed by atoms with van der Waals surface area (Å²) in [4.78, 5) is 29.2. The van der Waals surface area contributed by atoms with E-state index in [-0.39, 0.29) is 22.6 Å². The topological polar surface area (TPSA) is 74.8 Å². The van der Waals surface area contributed by atoms with E-state index in [9.17, 15) is 18.0 Å². The van der Waals surface area contributed by atoms with Crippen molar-refractivity contribution in [2.45, 2.75) is 43.9 Å². The lowest BCUT2D eigenvalue weighted by atomic mass is 9.88. The number of carbonyl (C=O) groups excluding carboxylic acids is 2. The lowest BCUT2D eigenvalue weighted by molar-refractivity contribution is -0.138. The van der Waals surface area contributed by atoms with E-state index in [1.54, 1.807) is 24.0 Å². The first kappa shape index (κ1) is 19.9. The molecule has 0 unspecified atom stereocenters. The minimum Gasteiger partial charge on any atom is -0.339 e. The number of amides is 2. The zero-order valence-corrected chi connectivity index (χ0v) is 16.9. The van der Waals surface area contributed by atoms with Gasteiger partial charge in [-0.15, -0.1) is 0 Å². The first-order valence-corrected chi connectivity index (χ1v) is 11.6. The largest absolute Gasteiger partial charge is 0.339 e. The molecule has 1 aliphatic heterocycles. The maximum atomic E-state index is 12.8. The second-order valence-corrected chi connectivity index (χ2v) is 9.69. The van der Waals surface area contributed by atoms with Crippen LogP contribution in [0.3, 0.4) is 0 Å². The highest BCUT2D eigenvalue weighted by molar-refractivity contribution is 7.90. The molecule has 1 saturated carbocycles. The number of hydrogen-bond donors (Lipinski definition) is 0. The number of sulfone groups is 1. The van der Waals surface area contributed by atoms with Crippen LogP contribution in [0.25, 0.3) is 0 Å². The third-order valence-electron chi connectivity index (χ3n) is 5.67. The molecule has 0 N–H and O–H groups in total. The quantitative estimate of drug-likeness (QED) is 0.791. The summed E-state index contributed by atoms with van der Waals surface area (Å²) in [7, 11) is -3.38. The molecule has 1 saturated heterocycles. The molecule has 0 bridgehead atoms. The first-order valence-electron chi connectivity index (χ1n) is 9.66. The van der Waals surface area contributed by atoms with Gasteiger partial charge in [-0.3, -0.25) is 9.59 Å². The van der Waals surface area contributed by atoms with E-state index in [1.807, 2.05) is 4.90 Å². The maximum absolute atomic E-state index is 12.8. The molecule has 2 amide bonds.